The molecule has 1 aliphatic heterocycles. The Bertz CT molecular complexity index is 619. The van der Waals surface area contributed by atoms with Gasteiger partial charge in [0.2, 0.25) is 5.95 Å². The molecule has 0 radical (unpaired) electrons. The van der Waals surface area contributed by atoms with E-state index in [9.17, 15) is 0 Å². The number of aryl methyl sites for hydroxylation is 2. The Labute approximate surface area is 131 Å². The molecule has 6 heteroatoms. The molecule has 3 rings (SSSR count). The van der Waals surface area contributed by atoms with E-state index in [1.807, 2.05) is 32.2 Å². The Balaban J connectivity index is 1.55. The first-order chi connectivity index (χ1) is 10.6. The zero-order valence-electron chi connectivity index (χ0n) is 13.5. The normalized spacial score (nSPS) is 16.9. The smallest absolute Gasteiger partial charge is 0.225 e. The SMILES string of the molecule is Cc1cc(CN2CCC(N(C)c3nccc(C)n3)CC2)on1. The lowest BCUT2D eigenvalue weighted by atomic mass is 10.0. The largest absolute Gasteiger partial charge is 0.360 e. The molecule has 0 aliphatic carbocycles. The van der Waals surface area contributed by atoms with E-state index >= 15 is 0 Å². The molecule has 0 unspecified atom stereocenters. The zero-order valence-corrected chi connectivity index (χ0v) is 13.5. The van der Waals surface area contributed by atoms with Crippen LogP contribution in [-0.4, -0.2) is 46.2 Å². The summed E-state index contributed by atoms with van der Waals surface area (Å²) in [6.45, 7) is 6.91. The third-order valence-corrected chi connectivity index (χ3v) is 4.26. The third-order valence-electron chi connectivity index (χ3n) is 4.26. The predicted octanol–water partition coefficient (Wildman–Crippen LogP) is 2.18. The first-order valence-corrected chi connectivity index (χ1v) is 7.79. The maximum atomic E-state index is 5.30. The van der Waals surface area contributed by atoms with E-state index in [-0.39, 0.29) is 0 Å². The molecule has 0 amide bonds. The predicted molar refractivity (Wildman–Crippen MR) is 84.7 cm³/mol. The van der Waals surface area contributed by atoms with Gasteiger partial charge in [-0.05, 0) is 32.8 Å². The fourth-order valence-corrected chi connectivity index (χ4v) is 2.94. The lowest BCUT2D eigenvalue weighted by Gasteiger charge is -2.36. The number of anilines is 1. The Kier molecular flexibility index (Phi) is 4.38. The quantitative estimate of drug-likeness (QED) is 0.862. The average Bonchev–Trinajstić information content (AvgIpc) is 2.92. The van der Waals surface area contributed by atoms with E-state index in [4.69, 9.17) is 4.52 Å². The summed E-state index contributed by atoms with van der Waals surface area (Å²) in [7, 11) is 2.09. The van der Waals surface area contributed by atoms with Crippen molar-refractivity contribution < 1.29 is 4.52 Å². The Hall–Kier alpha value is -1.95. The van der Waals surface area contributed by atoms with Crippen molar-refractivity contribution in [2.45, 2.75) is 39.3 Å². The van der Waals surface area contributed by atoms with Gasteiger partial charge in [0.25, 0.3) is 0 Å². The highest BCUT2D eigenvalue weighted by atomic mass is 16.5. The highest BCUT2D eigenvalue weighted by molar-refractivity contribution is 5.30. The number of rotatable bonds is 4. The first kappa shape index (κ1) is 15.0. The van der Waals surface area contributed by atoms with Gasteiger partial charge in [-0.3, -0.25) is 4.90 Å². The monoisotopic (exact) mass is 301 g/mol. The number of piperidine rings is 1. The van der Waals surface area contributed by atoms with Gasteiger partial charge in [0.1, 0.15) is 0 Å². The van der Waals surface area contributed by atoms with Crippen molar-refractivity contribution in [1.29, 1.82) is 0 Å². The molecule has 0 bridgehead atoms. The third kappa shape index (κ3) is 3.44. The van der Waals surface area contributed by atoms with Crippen molar-refractivity contribution >= 4 is 5.95 Å². The maximum Gasteiger partial charge on any atom is 0.225 e. The van der Waals surface area contributed by atoms with E-state index in [1.165, 1.54) is 0 Å². The summed E-state index contributed by atoms with van der Waals surface area (Å²) >= 11 is 0. The van der Waals surface area contributed by atoms with Gasteiger partial charge in [-0.1, -0.05) is 5.16 Å². The lowest BCUT2D eigenvalue weighted by molar-refractivity contribution is 0.183. The van der Waals surface area contributed by atoms with Gasteiger partial charge < -0.3 is 9.42 Å². The van der Waals surface area contributed by atoms with Crippen LogP contribution in [0.4, 0.5) is 5.95 Å². The molecule has 1 aliphatic rings. The summed E-state index contributed by atoms with van der Waals surface area (Å²) in [6.07, 6.45) is 4.05. The molecule has 0 spiro atoms. The fourth-order valence-electron chi connectivity index (χ4n) is 2.94. The Morgan fingerprint density at radius 3 is 2.68 bits per heavy atom. The summed E-state index contributed by atoms with van der Waals surface area (Å²) in [5.74, 6) is 1.77. The molecule has 0 saturated carbocycles. The van der Waals surface area contributed by atoms with Crippen LogP contribution in [0.15, 0.2) is 22.9 Å². The fraction of sp³-hybridized carbons (Fsp3) is 0.562. The molecule has 22 heavy (non-hydrogen) atoms. The van der Waals surface area contributed by atoms with Crippen LogP contribution in [0.2, 0.25) is 0 Å². The topological polar surface area (TPSA) is 58.3 Å². The molecule has 2 aromatic rings. The van der Waals surface area contributed by atoms with Crippen molar-refractivity contribution in [3.63, 3.8) is 0 Å². The Morgan fingerprint density at radius 1 is 1.27 bits per heavy atom. The summed E-state index contributed by atoms with van der Waals surface area (Å²) in [4.78, 5) is 13.5. The van der Waals surface area contributed by atoms with E-state index < -0.39 is 0 Å². The van der Waals surface area contributed by atoms with Crippen LogP contribution < -0.4 is 4.90 Å². The summed E-state index contributed by atoms with van der Waals surface area (Å²) in [5.41, 5.74) is 1.95. The van der Waals surface area contributed by atoms with Gasteiger partial charge in [0, 0.05) is 44.1 Å². The summed E-state index contributed by atoms with van der Waals surface area (Å²) < 4.78 is 5.30. The molecule has 6 nitrogen and oxygen atoms in total. The number of nitrogens with zero attached hydrogens (tertiary/aromatic N) is 5. The molecular weight excluding hydrogens is 278 g/mol. The van der Waals surface area contributed by atoms with Crippen LogP contribution >= 0.6 is 0 Å². The standard InChI is InChI=1S/C16H23N5O/c1-12-4-7-17-16(18-12)20(3)14-5-8-21(9-6-14)11-15-10-13(2)19-22-15/h4,7,10,14H,5-6,8-9,11H2,1-3H3. The average molecular weight is 301 g/mol. The second kappa shape index (κ2) is 6.44. The molecule has 3 heterocycles. The van der Waals surface area contributed by atoms with Crippen LogP contribution in [-0.2, 0) is 6.54 Å². The van der Waals surface area contributed by atoms with Crippen molar-refractivity contribution in [2.75, 3.05) is 25.0 Å². The second-order valence-corrected chi connectivity index (χ2v) is 6.05. The minimum atomic E-state index is 0.495. The van der Waals surface area contributed by atoms with Crippen molar-refractivity contribution in [3.05, 3.63) is 35.5 Å². The van der Waals surface area contributed by atoms with Crippen LogP contribution in [0.1, 0.15) is 30.0 Å². The van der Waals surface area contributed by atoms with Crippen molar-refractivity contribution in [1.82, 2.24) is 20.0 Å². The summed E-state index contributed by atoms with van der Waals surface area (Å²) in [5, 5.41) is 3.95. The zero-order chi connectivity index (χ0) is 15.5. The molecule has 0 atom stereocenters. The van der Waals surface area contributed by atoms with E-state index in [1.54, 1.807) is 0 Å². The molecule has 1 saturated heterocycles. The molecule has 2 aromatic heterocycles. The van der Waals surface area contributed by atoms with Crippen molar-refractivity contribution in [3.8, 4) is 0 Å². The molecular formula is C16H23N5O. The van der Waals surface area contributed by atoms with Gasteiger partial charge in [-0.2, -0.15) is 0 Å². The number of hydrogen-bond acceptors (Lipinski definition) is 6. The highest BCUT2D eigenvalue weighted by Crippen LogP contribution is 2.20. The van der Waals surface area contributed by atoms with Gasteiger partial charge in [0.15, 0.2) is 5.76 Å². The lowest BCUT2D eigenvalue weighted by Crippen LogP contribution is -2.43. The molecule has 1 fully saturated rings. The highest BCUT2D eigenvalue weighted by Gasteiger charge is 2.24. The number of hydrogen-bond donors (Lipinski definition) is 0. The van der Waals surface area contributed by atoms with Crippen LogP contribution in [0.3, 0.4) is 0 Å². The van der Waals surface area contributed by atoms with Crippen LogP contribution in [0.25, 0.3) is 0 Å². The van der Waals surface area contributed by atoms with Crippen LogP contribution in [0, 0.1) is 13.8 Å². The molecule has 0 aromatic carbocycles. The molecule has 0 N–H and O–H groups in total. The van der Waals surface area contributed by atoms with E-state index in [0.717, 1.165) is 55.6 Å². The molecule has 118 valence electrons. The number of aromatic nitrogens is 3. The van der Waals surface area contributed by atoms with Gasteiger partial charge in [0.05, 0.1) is 12.2 Å². The van der Waals surface area contributed by atoms with Gasteiger partial charge in [-0.15, -0.1) is 0 Å². The van der Waals surface area contributed by atoms with E-state index in [0.29, 0.717) is 6.04 Å². The van der Waals surface area contributed by atoms with Crippen molar-refractivity contribution in [2.24, 2.45) is 0 Å². The Morgan fingerprint density at radius 2 is 2.05 bits per heavy atom. The first-order valence-electron chi connectivity index (χ1n) is 7.79. The minimum Gasteiger partial charge on any atom is -0.360 e. The summed E-state index contributed by atoms with van der Waals surface area (Å²) in [6, 6.07) is 4.44. The van der Waals surface area contributed by atoms with Gasteiger partial charge >= 0.3 is 0 Å². The van der Waals surface area contributed by atoms with Crippen LogP contribution in [0.5, 0.6) is 0 Å². The van der Waals surface area contributed by atoms with Gasteiger partial charge in [-0.25, -0.2) is 9.97 Å². The minimum absolute atomic E-state index is 0.495. The maximum absolute atomic E-state index is 5.30. The number of likely N-dealkylation sites (tertiary alicyclic amines) is 1. The second-order valence-electron chi connectivity index (χ2n) is 6.05. The van der Waals surface area contributed by atoms with E-state index in [2.05, 4.69) is 32.0 Å².